The van der Waals surface area contributed by atoms with E-state index in [2.05, 4.69) is 49.8 Å². The summed E-state index contributed by atoms with van der Waals surface area (Å²) in [6, 6.07) is 18.6. The lowest BCUT2D eigenvalue weighted by Crippen LogP contribution is -2.36. The number of imidazole rings is 2. The van der Waals surface area contributed by atoms with E-state index in [1.807, 2.05) is 43.7 Å². The van der Waals surface area contributed by atoms with Crippen LogP contribution in [0, 0.1) is 0 Å². The normalized spacial score (nSPS) is 16.4. The smallest absolute Gasteiger partial charge is 0.125 e. The number of H-pyrrole nitrogens is 1. The van der Waals surface area contributed by atoms with E-state index in [0.29, 0.717) is 6.61 Å². The summed E-state index contributed by atoms with van der Waals surface area (Å²) >= 11 is 0. The van der Waals surface area contributed by atoms with Gasteiger partial charge in [0.1, 0.15) is 18.2 Å². The molecular formula is C24H25N5O. The van der Waals surface area contributed by atoms with Crippen molar-refractivity contribution in [3.05, 3.63) is 102 Å². The number of nitrogens with one attached hydrogen (secondary N) is 1. The lowest BCUT2D eigenvalue weighted by Gasteiger charge is -2.35. The summed E-state index contributed by atoms with van der Waals surface area (Å²) in [7, 11) is 2.04. The summed E-state index contributed by atoms with van der Waals surface area (Å²) in [5, 5.41) is 0. The highest BCUT2D eigenvalue weighted by molar-refractivity contribution is 5.42. The molecule has 6 heteroatoms. The summed E-state index contributed by atoms with van der Waals surface area (Å²) in [6.45, 7) is 2.23. The maximum atomic E-state index is 6.29. The minimum absolute atomic E-state index is 0.0173. The fraction of sp³-hybridized carbons (Fsp3) is 0.250. The predicted molar refractivity (Wildman–Crippen MR) is 115 cm³/mol. The molecule has 2 aromatic heterocycles. The van der Waals surface area contributed by atoms with Crippen LogP contribution in [0.25, 0.3) is 0 Å². The molecule has 1 N–H and O–H groups in total. The number of aromatic nitrogens is 4. The van der Waals surface area contributed by atoms with Crippen LogP contribution in [0.3, 0.4) is 0 Å². The molecule has 0 bridgehead atoms. The third-order valence-electron chi connectivity index (χ3n) is 5.74. The number of ether oxygens (including phenoxy) is 1. The van der Waals surface area contributed by atoms with Gasteiger partial charge in [-0.25, -0.2) is 9.97 Å². The molecule has 3 heterocycles. The number of aryl methyl sites for hydroxylation is 1. The summed E-state index contributed by atoms with van der Waals surface area (Å²) in [5.74, 6) is 1.94. The van der Waals surface area contributed by atoms with Crippen LogP contribution in [-0.4, -0.2) is 31.0 Å². The zero-order valence-electron chi connectivity index (χ0n) is 17.0. The van der Waals surface area contributed by atoms with Crippen LogP contribution in [0.2, 0.25) is 0 Å². The van der Waals surface area contributed by atoms with E-state index in [9.17, 15) is 0 Å². The molecule has 1 atom stereocenters. The Morgan fingerprint density at radius 2 is 1.90 bits per heavy atom. The molecule has 4 aromatic rings. The SMILES string of the molecule is Cn1ccnc1CN1CCc2[nH]cnc2C1c1ccccc1OCc1ccccc1. The van der Waals surface area contributed by atoms with E-state index < -0.39 is 0 Å². The molecule has 0 fully saturated rings. The third kappa shape index (κ3) is 3.62. The summed E-state index contributed by atoms with van der Waals surface area (Å²) in [4.78, 5) is 15.0. The minimum Gasteiger partial charge on any atom is -0.489 e. The van der Waals surface area contributed by atoms with Gasteiger partial charge in [0.25, 0.3) is 0 Å². The highest BCUT2D eigenvalue weighted by atomic mass is 16.5. The van der Waals surface area contributed by atoms with Crippen LogP contribution in [-0.2, 0) is 26.6 Å². The number of hydrogen-bond donors (Lipinski definition) is 1. The number of benzene rings is 2. The fourth-order valence-electron chi connectivity index (χ4n) is 4.14. The average molecular weight is 399 g/mol. The third-order valence-corrected chi connectivity index (χ3v) is 5.74. The van der Waals surface area contributed by atoms with Crippen LogP contribution in [0.5, 0.6) is 5.75 Å². The first-order chi connectivity index (χ1) is 14.8. The molecule has 1 unspecified atom stereocenters. The number of aromatic amines is 1. The van der Waals surface area contributed by atoms with Crippen LogP contribution in [0.4, 0.5) is 0 Å². The molecule has 1 aliphatic rings. The first-order valence-corrected chi connectivity index (χ1v) is 10.3. The number of para-hydroxylation sites is 1. The van der Waals surface area contributed by atoms with Gasteiger partial charge in [-0.3, -0.25) is 4.90 Å². The van der Waals surface area contributed by atoms with Gasteiger partial charge in [-0.05, 0) is 11.6 Å². The second-order valence-corrected chi connectivity index (χ2v) is 7.66. The quantitative estimate of drug-likeness (QED) is 0.535. The van der Waals surface area contributed by atoms with E-state index >= 15 is 0 Å². The van der Waals surface area contributed by atoms with Gasteiger partial charge in [-0.2, -0.15) is 0 Å². The second-order valence-electron chi connectivity index (χ2n) is 7.66. The molecule has 0 saturated heterocycles. The lowest BCUT2D eigenvalue weighted by molar-refractivity contribution is 0.187. The van der Waals surface area contributed by atoms with Gasteiger partial charge in [0.05, 0.1) is 24.6 Å². The summed E-state index contributed by atoms with van der Waals surface area (Å²) < 4.78 is 8.37. The van der Waals surface area contributed by atoms with Crippen molar-refractivity contribution in [2.45, 2.75) is 25.6 Å². The van der Waals surface area contributed by atoms with Gasteiger partial charge in [0.2, 0.25) is 0 Å². The molecule has 0 aliphatic carbocycles. The van der Waals surface area contributed by atoms with Crippen molar-refractivity contribution in [2.24, 2.45) is 7.05 Å². The summed E-state index contributed by atoms with van der Waals surface area (Å²) in [5.41, 5.74) is 4.57. The predicted octanol–water partition coefficient (Wildman–Crippen LogP) is 3.87. The Balaban J connectivity index is 1.49. The van der Waals surface area contributed by atoms with E-state index in [4.69, 9.17) is 9.72 Å². The Morgan fingerprint density at radius 1 is 1.07 bits per heavy atom. The molecule has 5 rings (SSSR count). The second kappa shape index (κ2) is 8.16. The van der Waals surface area contributed by atoms with Crippen molar-refractivity contribution in [3.63, 3.8) is 0 Å². The van der Waals surface area contributed by atoms with Crippen molar-refractivity contribution in [3.8, 4) is 5.75 Å². The Labute approximate surface area is 176 Å². The van der Waals surface area contributed by atoms with E-state index in [1.165, 1.54) is 5.69 Å². The molecule has 152 valence electrons. The highest BCUT2D eigenvalue weighted by Gasteiger charge is 2.33. The largest absolute Gasteiger partial charge is 0.489 e. The lowest BCUT2D eigenvalue weighted by atomic mass is 9.95. The monoisotopic (exact) mass is 399 g/mol. The van der Waals surface area contributed by atoms with Crippen molar-refractivity contribution in [1.82, 2.24) is 24.4 Å². The first-order valence-electron chi connectivity index (χ1n) is 10.3. The molecule has 6 nitrogen and oxygen atoms in total. The van der Waals surface area contributed by atoms with Crippen LogP contribution < -0.4 is 4.74 Å². The highest BCUT2D eigenvalue weighted by Crippen LogP contribution is 2.38. The Morgan fingerprint density at radius 3 is 2.73 bits per heavy atom. The van der Waals surface area contributed by atoms with Gasteiger partial charge < -0.3 is 14.3 Å². The molecule has 0 radical (unpaired) electrons. The van der Waals surface area contributed by atoms with Crippen molar-refractivity contribution in [2.75, 3.05) is 6.54 Å². The molecule has 30 heavy (non-hydrogen) atoms. The van der Waals surface area contributed by atoms with Gasteiger partial charge in [0.15, 0.2) is 0 Å². The van der Waals surface area contributed by atoms with Gasteiger partial charge in [-0.15, -0.1) is 0 Å². The molecule has 2 aromatic carbocycles. The van der Waals surface area contributed by atoms with Gasteiger partial charge in [-0.1, -0.05) is 48.5 Å². The maximum absolute atomic E-state index is 6.29. The Kier molecular flexibility index (Phi) is 5.07. The van der Waals surface area contributed by atoms with Gasteiger partial charge in [0, 0.05) is 43.7 Å². The van der Waals surface area contributed by atoms with Crippen molar-refractivity contribution >= 4 is 0 Å². The molecule has 1 aliphatic heterocycles. The summed E-state index contributed by atoms with van der Waals surface area (Å²) in [6.07, 6.45) is 6.59. The average Bonchev–Trinajstić information content (AvgIpc) is 3.42. The number of nitrogens with zero attached hydrogens (tertiary/aromatic N) is 4. The number of fused-ring (bicyclic) bond motifs is 1. The number of rotatable bonds is 6. The standard InChI is InChI=1S/C24H25N5O/c1-28-14-12-25-22(28)15-29-13-11-20-23(27-17-26-20)24(29)19-9-5-6-10-21(19)30-16-18-7-3-2-4-8-18/h2-10,12,14,17,24H,11,13,15-16H2,1H3,(H,26,27). The molecular weight excluding hydrogens is 374 g/mol. The Bertz CT molecular complexity index is 1120. The topological polar surface area (TPSA) is 59.0 Å². The van der Waals surface area contributed by atoms with Crippen molar-refractivity contribution < 1.29 is 4.74 Å². The molecule has 0 spiro atoms. The van der Waals surface area contributed by atoms with E-state index in [1.54, 1.807) is 6.33 Å². The Hall–Kier alpha value is -3.38. The van der Waals surface area contributed by atoms with E-state index in [-0.39, 0.29) is 6.04 Å². The van der Waals surface area contributed by atoms with E-state index in [0.717, 1.165) is 47.9 Å². The van der Waals surface area contributed by atoms with Crippen LogP contribution in [0.1, 0.15) is 34.4 Å². The fourth-order valence-corrected chi connectivity index (χ4v) is 4.14. The maximum Gasteiger partial charge on any atom is 0.125 e. The minimum atomic E-state index is 0.0173. The van der Waals surface area contributed by atoms with Crippen molar-refractivity contribution in [1.29, 1.82) is 0 Å². The van der Waals surface area contributed by atoms with Crippen LogP contribution in [0.15, 0.2) is 73.3 Å². The molecule has 0 saturated carbocycles. The van der Waals surface area contributed by atoms with Gasteiger partial charge >= 0.3 is 0 Å². The van der Waals surface area contributed by atoms with Crippen LogP contribution >= 0.6 is 0 Å². The molecule has 0 amide bonds. The zero-order valence-corrected chi connectivity index (χ0v) is 17.0. The first kappa shape index (κ1) is 18.6. The number of hydrogen-bond acceptors (Lipinski definition) is 4. The zero-order chi connectivity index (χ0) is 20.3.